The van der Waals surface area contributed by atoms with Crippen molar-refractivity contribution in [3.8, 4) is 5.75 Å². The van der Waals surface area contributed by atoms with Crippen molar-refractivity contribution in [3.63, 3.8) is 0 Å². The Bertz CT molecular complexity index is 792. The van der Waals surface area contributed by atoms with E-state index in [9.17, 15) is 45.1 Å². The van der Waals surface area contributed by atoms with E-state index in [1.165, 1.54) is 5.32 Å². The van der Waals surface area contributed by atoms with E-state index in [0.29, 0.717) is 19.2 Å². The first-order chi connectivity index (χ1) is 13.2. The number of hydrogen-bond acceptors (Lipinski definition) is 4. The quantitative estimate of drug-likeness (QED) is 0.508. The standard InChI is InChI=1S/C15H13F7N2O5/c1-24(13(28)15(20,21)22)7-5-8(16)10(11(25)26)9(6-7)29-4-2-3-23-12(27)14(17,18)19/h5-6H,2-4H2,1H3,(H,23,27)(H,25,26). The lowest BCUT2D eigenvalue weighted by Crippen LogP contribution is -2.38. The third-order valence-corrected chi connectivity index (χ3v) is 3.31. The van der Waals surface area contributed by atoms with E-state index in [1.807, 2.05) is 0 Å². The number of hydrogen-bond donors (Lipinski definition) is 2. The number of carboxylic acids is 1. The Balaban J connectivity index is 2.95. The third kappa shape index (κ3) is 6.50. The molecule has 162 valence electrons. The molecule has 2 amide bonds. The third-order valence-electron chi connectivity index (χ3n) is 3.31. The van der Waals surface area contributed by atoms with Gasteiger partial charge >= 0.3 is 30.1 Å². The summed E-state index contributed by atoms with van der Waals surface area (Å²) in [5.41, 5.74) is -1.73. The van der Waals surface area contributed by atoms with Crippen molar-refractivity contribution in [1.82, 2.24) is 5.32 Å². The van der Waals surface area contributed by atoms with Gasteiger partial charge in [-0.25, -0.2) is 9.18 Å². The van der Waals surface area contributed by atoms with Gasteiger partial charge in [0.25, 0.3) is 0 Å². The lowest BCUT2D eigenvalue weighted by atomic mass is 10.1. The summed E-state index contributed by atoms with van der Waals surface area (Å²) in [6, 6.07) is 1.04. The Morgan fingerprint density at radius 1 is 1.10 bits per heavy atom. The number of halogens is 7. The highest BCUT2D eigenvalue weighted by Crippen LogP contribution is 2.31. The molecule has 29 heavy (non-hydrogen) atoms. The molecule has 0 aliphatic rings. The van der Waals surface area contributed by atoms with Gasteiger partial charge in [0, 0.05) is 19.7 Å². The number of anilines is 1. The highest BCUT2D eigenvalue weighted by molar-refractivity contribution is 5.98. The second-order valence-corrected chi connectivity index (χ2v) is 5.42. The van der Waals surface area contributed by atoms with Crippen molar-refractivity contribution in [2.24, 2.45) is 0 Å². The van der Waals surface area contributed by atoms with Gasteiger partial charge in [0.15, 0.2) is 0 Å². The van der Waals surface area contributed by atoms with Gasteiger partial charge in [0.1, 0.15) is 17.1 Å². The molecule has 0 saturated carbocycles. The van der Waals surface area contributed by atoms with Crippen molar-refractivity contribution >= 4 is 23.5 Å². The van der Waals surface area contributed by atoms with Crippen LogP contribution in [0.2, 0.25) is 0 Å². The number of benzene rings is 1. The number of carbonyl (C=O) groups is 3. The molecule has 14 heteroatoms. The van der Waals surface area contributed by atoms with Crippen LogP contribution in [-0.4, -0.2) is 55.4 Å². The minimum absolute atomic E-state index is 0.0190. The maximum atomic E-state index is 14.0. The average Bonchev–Trinajstić information content (AvgIpc) is 2.57. The van der Waals surface area contributed by atoms with Gasteiger partial charge in [0.2, 0.25) is 0 Å². The number of nitrogens with one attached hydrogen (secondary N) is 1. The van der Waals surface area contributed by atoms with Crippen LogP contribution in [0, 0.1) is 5.82 Å². The lowest BCUT2D eigenvalue weighted by Gasteiger charge is -2.20. The van der Waals surface area contributed by atoms with Crippen LogP contribution in [0.1, 0.15) is 16.8 Å². The van der Waals surface area contributed by atoms with Crippen molar-refractivity contribution in [2.75, 3.05) is 25.1 Å². The Hall–Kier alpha value is -3.06. The van der Waals surface area contributed by atoms with Crippen molar-refractivity contribution in [1.29, 1.82) is 0 Å². The van der Waals surface area contributed by atoms with E-state index in [-0.39, 0.29) is 11.3 Å². The number of aromatic carboxylic acids is 1. The molecule has 0 saturated heterocycles. The molecule has 0 heterocycles. The molecule has 0 aliphatic heterocycles. The molecule has 7 nitrogen and oxygen atoms in total. The predicted molar refractivity (Wildman–Crippen MR) is 82.0 cm³/mol. The van der Waals surface area contributed by atoms with Gasteiger partial charge in [0.05, 0.1) is 12.3 Å². The van der Waals surface area contributed by atoms with E-state index in [1.54, 1.807) is 0 Å². The number of amides is 2. The maximum absolute atomic E-state index is 14.0. The molecule has 1 aromatic carbocycles. The fourth-order valence-corrected chi connectivity index (χ4v) is 1.95. The van der Waals surface area contributed by atoms with Crippen molar-refractivity contribution in [3.05, 3.63) is 23.5 Å². The lowest BCUT2D eigenvalue weighted by molar-refractivity contribution is -0.173. The summed E-state index contributed by atoms with van der Waals surface area (Å²) in [5.74, 6) is -8.67. The molecular formula is C15H13F7N2O5. The number of nitrogens with zero attached hydrogens (tertiary/aromatic N) is 1. The summed E-state index contributed by atoms with van der Waals surface area (Å²) in [6.45, 7) is -1.05. The largest absolute Gasteiger partial charge is 0.492 e. The SMILES string of the molecule is CN(C(=O)C(F)(F)F)c1cc(F)c(C(=O)O)c(OCCCNC(=O)C(F)(F)F)c1. The Morgan fingerprint density at radius 3 is 2.17 bits per heavy atom. The van der Waals surface area contributed by atoms with Crippen molar-refractivity contribution < 1.29 is 55.0 Å². The van der Waals surface area contributed by atoms with E-state index in [2.05, 4.69) is 0 Å². The second-order valence-electron chi connectivity index (χ2n) is 5.42. The second kappa shape index (κ2) is 8.96. The summed E-state index contributed by atoms with van der Waals surface area (Å²) in [7, 11) is 0.668. The fraction of sp³-hybridized carbons (Fsp3) is 0.400. The van der Waals surface area contributed by atoms with Crippen molar-refractivity contribution in [2.45, 2.75) is 18.8 Å². The van der Waals surface area contributed by atoms with Gasteiger partial charge in [-0.1, -0.05) is 0 Å². The van der Waals surface area contributed by atoms with Gasteiger partial charge in [-0.05, 0) is 12.5 Å². The Labute approximate surface area is 158 Å². The summed E-state index contributed by atoms with van der Waals surface area (Å²) < 4.78 is 92.5. The number of carboxylic acid groups (broad SMARTS) is 1. The minimum atomic E-state index is -5.28. The van der Waals surface area contributed by atoms with E-state index < -0.39 is 66.1 Å². The van der Waals surface area contributed by atoms with Crippen LogP contribution >= 0.6 is 0 Å². The monoisotopic (exact) mass is 434 g/mol. The van der Waals surface area contributed by atoms with Crippen LogP contribution < -0.4 is 15.0 Å². The van der Waals surface area contributed by atoms with Gasteiger partial charge in [-0.15, -0.1) is 0 Å². The predicted octanol–water partition coefficient (Wildman–Crippen LogP) is 2.50. The molecule has 0 fully saturated rings. The van der Waals surface area contributed by atoms with Gasteiger partial charge in [-0.3, -0.25) is 9.59 Å². The molecule has 0 aliphatic carbocycles. The van der Waals surface area contributed by atoms with Crippen LogP contribution in [0.3, 0.4) is 0 Å². The molecule has 1 aromatic rings. The zero-order chi connectivity index (χ0) is 22.6. The minimum Gasteiger partial charge on any atom is -0.492 e. The van der Waals surface area contributed by atoms with Gasteiger partial charge in [-0.2, -0.15) is 26.3 Å². The van der Waals surface area contributed by atoms with E-state index >= 15 is 0 Å². The summed E-state index contributed by atoms with van der Waals surface area (Å²) in [4.78, 5) is 33.0. The Kier molecular flexibility index (Phi) is 7.41. The molecule has 0 aromatic heterocycles. The number of carbonyl (C=O) groups excluding carboxylic acids is 2. The van der Waals surface area contributed by atoms with Gasteiger partial charge < -0.3 is 20.1 Å². The number of alkyl halides is 6. The molecule has 0 spiro atoms. The molecule has 2 N–H and O–H groups in total. The van der Waals surface area contributed by atoms with E-state index in [4.69, 9.17) is 9.84 Å². The average molecular weight is 434 g/mol. The first-order valence-electron chi connectivity index (χ1n) is 7.55. The van der Waals surface area contributed by atoms with Crippen LogP contribution in [0.15, 0.2) is 12.1 Å². The summed E-state index contributed by atoms with van der Waals surface area (Å²) in [5, 5.41) is 10.5. The van der Waals surface area contributed by atoms with Crippen LogP contribution in [0.25, 0.3) is 0 Å². The maximum Gasteiger partial charge on any atom is 0.471 e. The Morgan fingerprint density at radius 2 is 1.69 bits per heavy atom. The number of ether oxygens (including phenoxy) is 1. The molecular weight excluding hydrogens is 421 g/mol. The van der Waals surface area contributed by atoms with Crippen LogP contribution in [0.5, 0.6) is 5.75 Å². The molecule has 0 atom stereocenters. The highest BCUT2D eigenvalue weighted by atomic mass is 19.4. The summed E-state index contributed by atoms with van der Waals surface area (Å²) >= 11 is 0. The molecule has 1 rings (SSSR count). The molecule has 0 radical (unpaired) electrons. The van der Waals surface area contributed by atoms with Crippen LogP contribution in [0.4, 0.5) is 36.4 Å². The summed E-state index contributed by atoms with van der Waals surface area (Å²) in [6.07, 6.45) is -10.7. The highest BCUT2D eigenvalue weighted by Gasteiger charge is 2.42. The molecule has 0 unspecified atom stereocenters. The smallest absolute Gasteiger partial charge is 0.471 e. The normalized spacial score (nSPS) is 11.7. The first-order valence-corrected chi connectivity index (χ1v) is 7.55. The van der Waals surface area contributed by atoms with Crippen LogP contribution in [-0.2, 0) is 9.59 Å². The zero-order valence-corrected chi connectivity index (χ0v) is 14.4. The fourth-order valence-electron chi connectivity index (χ4n) is 1.95. The zero-order valence-electron chi connectivity index (χ0n) is 14.4. The first kappa shape index (κ1) is 24.0. The number of rotatable bonds is 7. The molecule has 0 bridgehead atoms. The topological polar surface area (TPSA) is 95.9 Å². The van der Waals surface area contributed by atoms with E-state index in [0.717, 1.165) is 0 Å².